The van der Waals surface area contributed by atoms with Crippen LogP contribution in [-0.2, 0) is 0 Å². The van der Waals surface area contributed by atoms with Gasteiger partial charge in [-0.05, 0) is 41.8 Å². The molecule has 2 N–H and O–H groups in total. The second-order valence-electron chi connectivity index (χ2n) is 5.31. The van der Waals surface area contributed by atoms with Gasteiger partial charge in [0.05, 0.1) is 0 Å². The quantitative estimate of drug-likeness (QED) is 0.797. The van der Waals surface area contributed by atoms with E-state index in [4.69, 9.17) is 5.73 Å². The molecule has 0 spiro atoms. The molecule has 112 valence electrons. The Labute approximate surface area is 128 Å². The van der Waals surface area contributed by atoms with Crippen molar-refractivity contribution < 1.29 is 8.78 Å². The van der Waals surface area contributed by atoms with E-state index < -0.39 is 17.7 Å². The number of halogens is 2. The molecule has 0 heterocycles. The summed E-state index contributed by atoms with van der Waals surface area (Å²) in [5.41, 5.74) is 7.46. The zero-order valence-corrected chi connectivity index (χ0v) is 13.0. The van der Waals surface area contributed by atoms with E-state index in [0.29, 0.717) is 11.7 Å². The van der Waals surface area contributed by atoms with Gasteiger partial charge in [-0.3, -0.25) is 0 Å². The Hall–Kier alpha value is -1.39. The molecule has 0 saturated carbocycles. The van der Waals surface area contributed by atoms with Crippen LogP contribution in [0, 0.1) is 11.6 Å². The molecular weight excluding hydrogens is 288 g/mol. The standard InChI is InChI=1S/C17H19F2NS/c1-11(2)12-3-6-14(7-4-12)21-10-17(20)15-9-13(18)5-8-16(15)19/h3-9,11,17H,10,20H2,1-2H3. The molecule has 0 aliphatic carbocycles. The number of rotatable bonds is 5. The first kappa shape index (κ1) is 16.0. The zero-order chi connectivity index (χ0) is 15.4. The molecule has 0 radical (unpaired) electrons. The third-order valence-corrected chi connectivity index (χ3v) is 4.47. The number of hydrogen-bond donors (Lipinski definition) is 1. The molecular formula is C17H19F2NS. The van der Waals surface area contributed by atoms with Gasteiger partial charge in [0.2, 0.25) is 0 Å². The molecule has 2 rings (SSSR count). The van der Waals surface area contributed by atoms with Crippen molar-refractivity contribution in [3.8, 4) is 0 Å². The van der Waals surface area contributed by atoms with Crippen LogP contribution in [0.2, 0.25) is 0 Å². The lowest BCUT2D eigenvalue weighted by atomic mass is 10.0. The van der Waals surface area contributed by atoms with Crippen molar-refractivity contribution in [2.24, 2.45) is 5.73 Å². The van der Waals surface area contributed by atoms with Crippen LogP contribution in [0.5, 0.6) is 0 Å². The normalized spacial score (nSPS) is 12.7. The maximum Gasteiger partial charge on any atom is 0.128 e. The van der Waals surface area contributed by atoms with Crippen LogP contribution in [0.25, 0.3) is 0 Å². The van der Waals surface area contributed by atoms with Gasteiger partial charge in [0.25, 0.3) is 0 Å². The molecule has 0 aliphatic heterocycles. The lowest BCUT2D eigenvalue weighted by molar-refractivity contribution is 0.573. The van der Waals surface area contributed by atoms with Gasteiger partial charge in [0, 0.05) is 22.3 Å². The summed E-state index contributed by atoms with van der Waals surface area (Å²) < 4.78 is 26.8. The summed E-state index contributed by atoms with van der Waals surface area (Å²) in [5.74, 6) is 0.0713. The number of nitrogens with two attached hydrogens (primary N) is 1. The van der Waals surface area contributed by atoms with Crippen molar-refractivity contribution >= 4 is 11.8 Å². The van der Waals surface area contributed by atoms with Gasteiger partial charge in [-0.1, -0.05) is 26.0 Å². The highest BCUT2D eigenvalue weighted by Gasteiger charge is 2.13. The van der Waals surface area contributed by atoms with E-state index in [9.17, 15) is 8.78 Å². The van der Waals surface area contributed by atoms with Crippen molar-refractivity contribution in [2.45, 2.75) is 30.7 Å². The fourth-order valence-corrected chi connectivity index (χ4v) is 2.90. The van der Waals surface area contributed by atoms with Crippen LogP contribution in [-0.4, -0.2) is 5.75 Å². The van der Waals surface area contributed by atoms with Gasteiger partial charge in [-0.25, -0.2) is 8.78 Å². The Morgan fingerprint density at radius 3 is 2.33 bits per heavy atom. The zero-order valence-electron chi connectivity index (χ0n) is 12.1. The largest absolute Gasteiger partial charge is 0.323 e. The third-order valence-electron chi connectivity index (χ3n) is 3.33. The summed E-state index contributed by atoms with van der Waals surface area (Å²) in [6.07, 6.45) is 0. The summed E-state index contributed by atoms with van der Waals surface area (Å²) in [4.78, 5) is 1.08. The SMILES string of the molecule is CC(C)c1ccc(SCC(N)c2cc(F)ccc2F)cc1. The van der Waals surface area contributed by atoms with E-state index in [0.717, 1.165) is 17.0 Å². The van der Waals surface area contributed by atoms with Gasteiger partial charge in [-0.2, -0.15) is 0 Å². The predicted octanol–water partition coefficient (Wildman–Crippen LogP) is 4.88. The molecule has 0 aromatic heterocycles. The van der Waals surface area contributed by atoms with Crippen molar-refractivity contribution in [3.63, 3.8) is 0 Å². The summed E-state index contributed by atoms with van der Waals surface area (Å²) >= 11 is 1.54. The minimum Gasteiger partial charge on any atom is -0.323 e. The first-order valence-corrected chi connectivity index (χ1v) is 7.89. The topological polar surface area (TPSA) is 26.0 Å². The average molecular weight is 307 g/mol. The summed E-state index contributed by atoms with van der Waals surface area (Å²) in [7, 11) is 0. The van der Waals surface area contributed by atoms with E-state index in [1.54, 1.807) is 11.8 Å². The highest BCUT2D eigenvalue weighted by molar-refractivity contribution is 7.99. The Morgan fingerprint density at radius 2 is 1.71 bits per heavy atom. The summed E-state index contributed by atoms with van der Waals surface area (Å²) in [6.45, 7) is 4.29. The van der Waals surface area contributed by atoms with E-state index >= 15 is 0 Å². The molecule has 1 nitrogen and oxygen atoms in total. The molecule has 1 atom stereocenters. The van der Waals surface area contributed by atoms with Crippen LogP contribution in [0.3, 0.4) is 0 Å². The maximum absolute atomic E-state index is 13.6. The second kappa shape index (κ2) is 7.05. The Kier molecular flexibility index (Phi) is 5.37. The van der Waals surface area contributed by atoms with Crippen LogP contribution in [0.1, 0.15) is 36.9 Å². The molecule has 1 unspecified atom stereocenters. The fourth-order valence-electron chi connectivity index (χ4n) is 2.02. The van der Waals surface area contributed by atoms with Crippen molar-refractivity contribution in [2.75, 3.05) is 5.75 Å². The van der Waals surface area contributed by atoms with E-state index in [1.165, 1.54) is 11.6 Å². The lowest BCUT2D eigenvalue weighted by Crippen LogP contribution is -2.15. The van der Waals surface area contributed by atoms with E-state index in [1.807, 2.05) is 12.1 Å². The molecule has 4 heteroatoms. The average Bonchev–Trinajstić information content (AvgIpc) is 2.47. The molecule has 0 saturated heterocycles. The highest BCUT2D eigenvalue weighted by atomic mass is 32.2. The molecule has 0 fully saturated rings. The van der Waals surface area contributed by atoms with Gasteiger partial charge in [0.1, 0.15) is 11.6 Å². The highest BCUT2D eigenvalue weighted by Crippen LogP contribution is 2.26. The Bertz CT molecular complexity index is 596. The van der Waals surface area contributed by atoms with E-state index in [-0.39, 0.29) is 5.56 Å². The molecule has 2 aromatic rings. The third kappa shape index (κ3) is 4.29. The second-order valence-corrected chi connectivity index (χ2v) is 6.40. The predicted molar refractivity (Wildman–Crippen MR) is 84.5 cm³/mol. The fraction of sp³-hybridized carbons (Fsp3) is 0.294. The molecule has 0 amide bonds. The number of benzene rings is 2. The minimum absolute atomic E-state index is 0.223. The molecule has 0 aliphatic rings. The summed E-state index contributed by atoms with van der Waals surface area (Å²) in [6, 6.07) is 11.1. The summed E-state index contributed by atoms with van der Waals surface area (Å²) in [5, 5.41) is 0. The van der Waals surface area contributed by atoms with Crippen molar-refractivity contribution in [1.82, 2.24) is 0 Å². The monoisotopic (exact) mass is 307 g/mol. The minimum atomic E-state index is -0.532. The van der Waals surface area contributed by atoms with Crippen molar-refractivity contribution in [3.05, 3.63) is 65.2 Å². The van der Waals surface area contributed by atoms with E-state index in [2.05, 4.69) is 26.0 Å². The van der Waals surface area contributed by atoms with Gasteiger partial charge in [-0.15, -0.1) is 11.8 Å². The van der Waals surface area contributed by atoms with Crippen LogP contribution in [0.15, 0.2) is 47.4 Å². The van der Waals surface area contributed by atoms with Gasteiger partial charge in [0.15, 0.2) is 0 Å². The lowest BCUT2D eigenvalue weighted by Gasteiger charge is -2.13. The van der Waals surface area contributed by atoms with Crippen LogP contribution in [0.4, 0.5) is 8.78 Å². The smallest absolute Gasteiger partial charge is 0.128 e. The van der Waals surface area contributed by atoms with Crippen LogP contribution < -0.4 is 5.73 Å². The van der Waals surface area contributed by atoms with Crippen molar-refractivity contribution in [1.29, 1.82) is 0 Å². The molecule has 2 aromatic carbocycles. The first-order chi connectivity index (χ1) is 9.97. The van der Waals surface area contributed by atoms with Gasteiger partial charge < -0.3 is 5.73 Å². The van der Waals surface area contributed by atoms with Gasteiger partial charge >= 0.3 is 0 Å². The maximum atomic E-state index is 13.6. The Balaban J connectivity index is 2.00. The first-order valence-electron chi connectivity index (χ1n) is 6.90. The van der Waals surface area contributed by atoms with Crippen LogP contribution >= 0.6 is 11.8 Å². The Morgan fingerprint density at radius 1 is 1.05 bits per heavy atom. The molecule has 0 bridgehead atoms. The number of hydrogen-bond acceptors (Lipinski definition) is 2. The number of thioether (sulfide) groups is 1. The molecule has 21 heavy (non-hydrogen) atoms.